The highest BCUT2D eigenvalue weighted by Crippen LogP contribution is 2.34. The van der Waals surface area contributed by atoms with Gasteiger partial charge in [0.05, 0.1) is 11.6 Å². The molecule has 5 nitrogen and oxygen atoms in total. The molecule has 0 amide bonds. The maximum Gasteiger partial charge on any atom is 0.162 e. The summed E-state index contributed by atoms with van der Waals surface area (Å²) in [5, 5.41) is 11.9. The third-order valence-electron chi connectivity index (χ3n) is 5.95. The third kappa shape index (κ3) is 3.64. The second-order valence-electron chi connectivity index (χ2n) is 7.80. The van der Waals surface area contributed by atoms with Crippen molar-refractivity contribution in [1.29, 1.82) is 0 Å². The van der Waals surface area contributed by atoms with Gasteiger partial charge in [-0.25, -0.2) is 9.97 Å². The monoisotopic (exact) mass is 396 g/mol. The van der Waals surface area contributed by atoms with Crippen LogP contribution in [0.1, 0.15) is 24.5 Å². The molecule has 0 radical (unpaired) electrons. The molecule has 30 heavy (non-hydrogen) atoms. The predicted molar refractivity (Wildman–Crippen MR) is 119 cm³/mol. The van der Waals surface area contributed by atoms with Crippen molar-refractivity contribution in [3.8, 4) is 11.4 Å². The van der Waals surface area contributed by atoms with Gasteiger partial charge in [0.15, 0.2) is 5.82 Å². The van der Waals surface area contributed by atoms with Crippen LogP contribution in [0.25, 0.3) is 22.3 Å². The lowest BCUT2D eigenvalue weighted by atomic mass is 9.87. The molecule has 1 saturated heterocycles. The number of anilines is 1. The molecule has 2 aromatic heterocycles. The highest BCUT2D eigenvalue weighted by Gasteiger charge is 2.27. The third-order valence-corrected chi connectivity index (χ3v) is 5.95. The van der Waals surface area contributed by atoms with Gasteiger partial charge >= 0.3 is 0 Å². The van der Waals surface area contributed by atoms with Gasteiger partial charge < -0.3 is 10.0 Å². The van der Waals surface area contributed by atoms with Crippen molar-refractivity contribution in [3.63, 3.8) is 0 Å². The summed E-state index contributed by atoms with van der Waals surface area (Å²) in [4.78, 5) is 16.2. The molecule has 1 aliphatic rings. The van der Waals surface area contributed by atoms with E-state index in [2.05, 4.69) is 16.0 Å². The Balaban J connectivity index is 1.43. The Hall–Kier alpha value is -3.31. The van der Waals surface area contributed by atoms with Crippen LogP contribution in [0.4, 0.5) is 5.82 Å². The SMILES string of the molecule is OC(c1ccccc1)C1CCN(c2nc(-c3ccncc3)nc3ccccc23)CC1. The van der Waals surface area contributed by atoms with Crippen molar-refractivity contribution in [3.05, 3.63) is 84.7 Å². The lowest BCUT2D eigenvalue weighted by Crippen LogP contribution is -2.36. The smallest absolute Gasteiger partial charge is 0.162 e. The van der Waals surface area contributed by atoms with Gasteiger partial charge in [0, 0.05) is 36.4 Å². The number of benzene rings is 2. The Kier molecular flexibility index (Phi) is 5.11. The quantitative estimate of drug-likeness (QED) is 0.544. The van der Waals surface area contributed by atoms with Gasteiger partial charge in [-0.3, -0.25) is 4.98 Å². The van der Waals surface area contributed by atoms with Crippen LogP contribution < -0.4 is 4.90 Å². The average molecular weight is 396 g/mol. The van der Waals surface area contributed by atoms with Gasteiger partial charge in [-0.2, -0.15) is 0 Å². The summed E-state index contributed by atoms with van der Waals surface area (Å²) in [7, 11) is 0. The molecule has 5 heteroatoms. The van der Waals surface area contributed by atoms with Crippen LogP contribution in [0.2, 0.25) is 0 Å². The number of fused-ring (bicyclic) bond motifs is 1. The Morgan fingerprint density at radius 2 is 1.53 bits per heavy atom. The van der Waals surface area contributed by atoms with E-state index < -0.39 is 6.10 Å². The number of aromatic nitrogens is 3. The number of aliphatic hydroxyl groups is 1. The minimum Gasteiger partial charge on any atom is -0.388 e. The summed E-state index contributed by atoms with van der Waals surface area (Å²) in [5.74, 6) is 1.95. The summed E-state index contributed by atoms with van der Waals surface area (Å²) < 4.78 is 0. The Labute approximate surface area is 176 Å². The van der Waals surface area contributed by atoms with Gasteiger partial charge in [0.25, 0.3) is 0 Å². The molecular weight excluding hydrogens is 372 g/mol. The molecule has 1 N–H and O–H groups in total. The normalized spacial score (nSPS) is 16.0. The highest BCUT2D eigenvalue weighted by molar-refractivity contribution is 5.91. The molecule has 2 aromatic carbocycles. The maximum absolute atomic E-state index is 10.8. The molecule has 150 valence electrons. The Morgan fingerprint density at radius 3 is 2.30 bits per heavy atom. The molecule has 3 heterocycles. The highest BCUT2D eigenvalue weighted by atomic mass is 16.3. The molecule has 1 aliphatic heterocycles. The lowest BCUT2D eigenvalue weighted by molar-refractivity contribution is 0.0929. The van der Waals surface area contributed by atoms with Crippen LogP contribution in [-0.2, 0) is 0 Å². The number of piperidine rings is 1. The van der Waals surface area contributed by atoms with Crippen molar-refractivity contribution in [2.24, 2.45) is 5.92 Å². The first kappa shape index (κ1) is 18.7. The summed E-state index contributed by atoms with van der Waals surface area (Å²) in [6.45, 7) is 1.73. The van der Waals surface area contributed by atoms with Crippen molar-refractivity contribution in [2.75, 3.05) is 18.0 Å². The van der Waals surface area contributed by atoms with Crippen LogP contribution in [0, 0.1) is 5.92 Å². The van der Waals surface area contributed by atoms with Gasteiger partial charge in [0.2, 0.25) is 0 Å². The number of hydrogen-bond donors (Lipinski definition) is 1. The number of aliphatic hydroxyl groups excluding tert-OH is 1. The fraction of sp³-hybridized carbons (Fsp3) is 0.240. The molecular formula is C25H24N4O. The van der Waals surface area contributed by atoms with Gasteiger partial charge in [-0.15, -0.1) is 0 Å². The fourth-order valence-corrected chi connectivity index (χ4v) is 4.28. The molecule has 1 fully saturated rings. The van der Waals surface area contributed by atoms with E-state index in [0.29, 0.717) is 0 Å². The van der Waals surface area contributed by atoms with Crippen molar-refractivity contribution in [1.82, 2.24) is 15.0 Å². The van der Waals surface area contributed by atoms with Crippen LogP contribution in [-0.4, -0.2) is 33.1 Å². The van der Waals surface area contributed by atoms with Crippen molar-refractivity contribution in [2.45, 2.75) is 18.9 Å². The largest absolute Gasteiger partial charge is 0.388 e. The van der Waals surface area contributed by atoms with E-state index in [1.54, 1.807) is 12.4 Å². The molecule has 1 atom stereocenters. The Morgan fingerprint density at radius 1 is 0.833 bits per heavy atom. The summed E-state index contributed by atoms with van der Waals surface area (Å²) in [6, 6.07) is 22.0. The van der Waals surface area contributed by atoms with E-state index in [9.17, 15) is 5.11 Å². The first-order valence-corrected chi connectivity index (χ1v) is 10.4. The standard InChI is InChI=1S/C25H24N4O/c30-23(18-6-2-1-3-7-18)19-12-16-29(17-13-19)25-21-8-4-5-9-22(21)27-24(28-25)20-10-14-26-15-11-20/h1-11,14-15,19,23,30H,12-13,16-17H2. The molecule has 0 bridgehead atoms. The van der Waals surface area contributed by atoms with E-state index >= 15 is 0 Å². The molecule has 5 rings (SSSR count). The summed E-state index contributed by atoms with van der Waals surface area (Å²) >= 11 is 0. The van der Waals surface area contributed by atoms with Crippen LogP contribution in [0.15, 0.2) is 79.1 Å². The number of para-hydroxylation sites is 1. The number of pyridine rings is 1. The minimum atomic E-state index is -0.414. The van der Waals surface area contributed by atoms with E-state index in [4.69, 9.17) is 9.97 Å². The van der Waals surface area contributed by atoms with Crippen LogP contribution in [0.5, 0.6) is 0 Å². The first-order valence-electron chi connectivity index (χ1n) is 10.4. The van der Waals surface area contributed by atoms with E-state index in [1.807, 2.05) is 60.7 Å². The average Bonchev–Trinajstić information content (AvgIpc) is 2.84. The zero-order valence-corrected chi connectivity index (χ0v) is 16.7. The zero-order chi connectivity index (χ0) is 20.3. The van der Waals surface area contributed by atoms with E-state index in [0.717, 1.165) is 59.6 Å². The summed E-state index contributed by atoms with van der Waals surface area (Å²) in [5.41, 5.74) is 2.91. The topological polar surface area (TPSA) is 62.1 Å². The van der Waals surface area contributed by atoms with Crippen molar-refractivity contribution >= 4 is 16.7 Å². The molecule has 0 aliphatic carbocycles. The van der Waals surface area contributed by atoms with Crippen LogP contribution >= 0.6 is 0 Å². The zero-order valence-electron chi connectivity index (χ0n) is 16.7. The molecule has 4 aromatic rings. The number of rotatable bonds is 4. The molecule has 0 spiro atoms. The van der Waals surface area contributed by atoms with E-state index in [-0.39, 0.29) is 5.92 Å². The van der Waals surface area contributed by atoms with Gasteiger partial charge in [-0.05, 0) is 48.6 Å². The van der Waals surface area contributed by atoms with Crippen LogP contribution in [0.3, 0.4) is 0 Å². The maximum atomic E-state index is 10.8. The van der Waals surface area contributed by atoms with E-state index in [1.165, 1.54) is 0 Å². The van der Waals surface area contributed by atoms with Gasteiger partial charge in [-0.1, -0.05) is 42.5 Å². The van der Waals surface area contributed by atoms with Crippen molar-refractivity contribution < 1.29 is 5.11 Å². The first-order chi connectivity index (χ1) is 14.8. The number of hydrogen-bond acceptors (Lipinski definition) is 5. The number of nitrogens with zero attached hydrogens (tertiary/aromatic N) is 4. The molecule has 0 saturated carbocycles. The predicted octanol–water partition coefficient (Wildman–Crippen LogP) is 4.64. The fourth-order valence-electron chi connectivity index (χ4n) is 4.28. The summed E-state index contributed by atoms with van der Waals surface area (Å²) in [6.07, 6.45) is 4.98. The Bertz CT molecular complexity index is 1130. The molecule has 1 unspecified atom stereocenters. The second-order valence-corrected chi connectivity index (χ2v) is 7.80. The van der Waals surface area contributed by atoms with Gasteiger partial charge in [0.1, 0.15) is 5.82 Å². The minimum absolute atomic E-state index is 0.261. The lowest BCUT2D eigenvalue weighted by Gasteiger charge is -2.35. The second kappa shape index (κ2) is 8.20.